The fourth-order valence-corrected chi connectivity index (χ4v) is 2.88. The first-order valence-electron chi connectivity index (χ1n) is 6.97. The molecule has 3 N–H and O–H groups in total. The number of nitrogens with two attached hydrogens (primary N) is 1. The lowest BCUT2D eigenvalue weighted by Gasteiger charge is -2.30. The predicted molar refractivity (Wildman–Crippen MR) is 78.3 cm³/mol. The van der Waals surface area contributed by atoms with Crippen LogP contribution < -0.4 is 11.1 Å². The fourth-order valence-electron chi connectivity index (χ4n) is 2.76. The minimum atomic E-state index is -0.0577. The largest absolute Gasteiger partial charge is 0.348 e. The molecule has 104 valence electrons. The molecule has 0 aliphatic heterocycles. The summed E-state index contributed by atoms with van der Waals surface area (Å²) >= 11 is 5.82. The zero-order valence-electron chi connectivity index (χ0n) is 11.1. The van der Waals surface area contributed by atoms with Gasteiger partial charge in [0.25, 0.3) is 5.91 Å². The highest BCUT2D eigenvalue weighted by atomic mass is 35.5. The minimum absolute atomic E-state index is 0.0577. The van der Waals surface area contributed by atoms with Crippen molar-refractivity contribution < 1.29 is 4.79 Å². The van der Waals surface area contributed by atoms with Gasteiger partial charge in [0.1, 0.15) is 0 Å². The summed E-state index contributed by atoms with van der Waals surface area (Å²) < 4.78 is 0. The van der Waals surface area contributed by atoms with Gasteiger partial charge in [-0.2, -0.15) is 0 Å². The molecule has 4 heteroatoms. The van der Waals surface area contributed by atoms with E-state index in [2.05, 4.69) is 5.32 Å². The van der Waals surface area contributed by atoms with Crippen LogP contribution in [0.1, 0.15) is 42.5 Å². The third-order valence-electron chi connectivity index (χ3n) is 3.90. The van der Waals surface area contributed by atoms with Crippen LogP contribution in [0.5, 0.6) is 0 Å². The summed E-state index contributed by atoms with van der Waals surface area (Å²) in [5, 5.41) is 3.70. The van der Waals surface area contributed by atoms with Crippen LogP contribution in [0.15, 0.2) is 24.3 Å². The standard InChI is InChI=1S/C15H21ClN2O/c16-13-8-6-12(7-9-13)15(19)18-14(10-17)11-4-2-1-3-5-11/h6-9,11,14H,1-5,10,17H2,(H,18,19). The lowest BCUT2D eigenvalue weighted by atomic mass is 9.84. The van der Waals surface area contributed by atoms with Gasteiger partial charge in [-0.3, -0.25) is 4.79 Å². The molecule has 0 aromatic heterocycles. The van der Waals surface area contributed by atoms with Crippen LogP contribution in [0.25, 0.3) is 0 Å². The molecule has 19 heavy (non-hydrogen) atoms. The maximum atomic E-state index is 12.2. The Hall–Kier alpha value is -1.06. The Morgan fingerprint density at radius 2 is 1.89 bits per heavy atom. The van der Waals surface area contributed by atoms with Gasteiger partial charge < -0.3 is 11.1 Å². The van der Waals surface area contributed by atoms with Crippen LogP contribution in [0.3, 0.4) is 0 Å². The Kier molecular flexibility index (Phi) is 5.23. The van der Waals surface area contributed by atoms with Crippen molar-refractivity contribution in [2.45, 2.75) is 38.1 Å². The topological polar surface area (TPSA) is 55.1 Å². The van der Waals surface area contributed by atoms with Crippen molar-refractivity contribution >= 4 is 17.5 Å². The molecule has 1 unspecified atom stereocenters. The van der Waals surface area contributed by atoms with Crippen molar-refractivity contribution in [3.05, 3.63) is 34.9 Å². The fraction of sp³-hybridized carbons (Fsp3) is 0.533. The van der Waals surface area contributed by atoms with E-state index < -0.39 is 0 Å². The van der Waals surface area contributed by atoms with Gasteiger partial charge in [0, 0.05) is 23.2 Å². The molecular formula is C15H21ClN2O. The van der Waals surface area contributed by atoms with Crippen molar-refractivity contribution in [3.63, 3.8) is 0 Å². The maximum Gasteiger partial charge on any atom is 0.251 e. The average molecular weight is 281 g/mol. The van der Waals surface area contributed by atoms with Crippen LogP contribution in [-0.4, -0.2) is 18.5 Å². The third-order valence-corrected chi connectivity index (χ3v) is 4.15. The first kappa shape index (κ1) is 14.4. The highest BCUT2D eigenvalue weighted by Gasteiger charge is 2.24. The van der Waals surface area contributed by atoms with Gasteiger partial charge in [-0.1, -0.05) is 30.9 Å². The van der Waals surface area contributed by atoms with E-state index in [4.69, 9.17) is 17.3 Å². The van der Waals surface area contributed by atoms with E-state index in [0.29, 0.717) is 23.0 Å². The summed E-state index contributed by atoms with van der Waals surface area (Å²) in [7, 11) is 0. The summed E-state index contributed by atoms with van der Waals surface area (Å²) in [5.74, 6) is 0.465. The number of halogens is 1. The van der Waals surface area contributed by atoms with Gasteiger partial charge >= 0.3 is 0 Å². The van der Waals surface area contributed by atoms with E-state index in [1.165, 1.54) is 32.1 Å². The predicted octanol–water partition coefficient (Wildman–Crippen LogP) is 2.98. The molecule has 1 aliphatic rings. The number of carbonyl (C=O) groups excluding carboxylic acids is 1. The van der Waals surface area contributed by atoms with Crippen LogP contribution in [0.4, 0.5) is 0 Å². The number of nitrogens with one attached hydrogen (secondary N) is 1. The van der Waals surface area contributed by atoms with E-state index in [1.807, 2.05) is 0 Å². The zero-order valence-corrected chi connectivity index (χ0v) is 11.8. The van der Waals surface area contributed by atoms with E-state index in [-0.39, 0.29) is 11.9 Å². The highest BCUT2D eigenvalue weighted by molar-refractivity contribution is 6.30. The number of rotatable bonds is 4. The lowest BCUT2D eigenvalue weighted by Crippen LogP contribution is -2.45. The van der Waals surface area contributed by atoms with Gasteiger partial charge in [-0.15, -0.1) is 0 Å². The summed E-state index contributed by atoms with van der Waals surface area (Å²) in [4.78, 5) is 12.2. The number of amides is 1. The molecule has 1 aromatic carbocycles. The number of hydrogen-bond donors (Lipinski definition) is 2. The third kappa shape index (κ3) is 3.95. The van der Waals surface area contributed by atoms with Crippen molar-refractivity contribution in [1.82, 2.24) is 5.32 Å². The summed E-state index contributed by atoms with van der Waals surface area (Å²) in [6.07, 6.45) is 6.14. The van der Waals surface area contributed by atoms with Gasteiger partial charge in [-0.25, -0.2) is 0 Å². The Bertz CT molecular complexity index is 413. The molecule has 1 atom stereocenters. The van der Waals surface area contributed by atoms with Gasteiger partial charge in [-0.05, 0) is 43.0 Å². The van der Waals surface area contributed by atoms with Crippen molar-refractivity contribution in [1.29, 1.82) is 0 Å². The molecule has 1 saturated carbocycles. The molecule has 1 aromatic rings. The van der Waals surface area contributed by atoms with E-state index in [0.717, 1.165) is 0 Å². The molecular weight excluding hydrogens is 260 g/mol. The molecule has 0 bridgehead atoms. The first-order valence-corrected chi connectivity index (χ1v) is 7.35. The lowest BCUT2D eigenvalue weighted by molar-refractivity contribution is 0.0915. The molecule has 3 nitrogen and oxygen atoms in total. The number of hydrogen-bond acceptors (Lipinski definition) is 2. The molecule has 1 fully saturated rings. The normalized spacial score (nSPS) is 18.0. The Labute approximate surface area is 119 Å². The maximum absolute atomic E-state index is 12.2. The molecule has 0 saturated heterocycles. The van der Waals surface area contributed by atoms with Gasteiger partial charge in [0.15, 0.2) is 0 Å². The number of carbonyl (C=O) groups is 1. The van der Waals surface area contributed by atoms with E-state index in [9.17, 15) is 4.79 Å². The molecule has 0 radical (unpaired) electrons. The van der Waals surface area contributed by atoms with Gasteiger partial charge in [0.05, 0.1) is 0 Å². The second-order valence-electron chi connectivity index (χ2n) is 5.22. The second kappa shape index (κ2) is 6.92. The minimum Gasteiger partial charge on any atom is -0.348 e. The second-order valence-corrected chi connectivity index (χ2v) is 5.66. The SMILES string of the molecule is NCC(NC(=O)c1ccc(Cl)cc1)C1CCCCC1. The first-order chi connectivity index (χ1) is 9.20. The monoisotopic (exact) mass is 280 g/mol. The van der Waals surface area contributed by atoms with Crippen LogP contribution in [0, 0.1) is 5.92 Å². The molecule has 2 rings (SSSR count). The molecule has 1 aliphatic carbocycles. The summed E-state index contributed by atoms with van der Waals surface area (Å²) in [5.41, 5.74) is 6.46. The van der Waals surface area contributed by atoms with Crippen molar-refractivity contribution in [2.75, 3.05) is 6.54 Å². The van der Waals surface area contributed by atoms with Crippen LogP contribution in [0.2, 0.25) is 5.02 Å². The van der Waals surface area contributed by atoms with Crippen molar-refractivity contribution in [2.24, 2.45) is 11.7 Å². The Morgan fingerprint density at radius 3 is 2.47 bits per heavy atom. The smallest absolute Gasteiger partial charge is 0.251 e. The van der Waals surface area contributed by atoms with Crippen LogP contribution in [-0.2, 0) is 0 Å². The molecule has 0 spiro atoms. The zero-order chi connectivity index (χ0) is 13.7. The number of benzene rings is 1. The Balaban J connectivity index is 1.97. The van der Waals surface area contributed by atoms with E-state index in [1.54, 1.807) is 24.3 Å². The average Bonchev–Trinajstić information content (AvgIpc) is 2.46. The highest BCUT2D eigenvalue weighted by Crippen LogP contribution is 2.26. The van der Waals surface area contributed by atoms with Crippen molar-refractivity contribution in [3.8, 4) is 0 Å². The molecule has 0 heterocycles. The van der Waals surface area contributed by atoms with E-state index >= 15 is 0 Å². The Morgan fingerprint density at radius 1 is 1.26 bits per heavy atom. The van der Waals surface area contributed by atoms with Crippen LogP contribution >= 0.6 is 11.6 Å². The summed E-state index contributed by atoms with van der Waals surface area (Å²) in [6.45, 7) is 0.504. The quantitative estimate of drug-likeness (QED) is 0.891. The summed E-state index contributed by atoms with van der Waals surface area (Å²) in [6, 6.07) is 7.03. The van der Waals surface area contributed by atoms with Gasteiger partial charge in [0.2, 0.25) is 0 Å². The molecule has 1 amide bonds.